The van der Waals surface area contributed by atoms with Gasteiger partial charge in [-0.2, -0.15) is 0 Å². The zero-order valence-corrected chi connectivity index (χ0v) is 23.0. The number of hydrogen-bond acceptors (Lipinski definition) is 3. The first-order chi connectivity index (χ1) is 16.2. The predicted octanol–water partition coefficient (Wildman–Crippen LogP) is 6.44. The second-order valence-corrected chi connectivity index (χ2v) is 12.7. The SMILES string of the molecule is CC(=O)O[C@H]1CC[C@@]2(C)C(=CC[C@H]3[C@@H]4CC[C@H](C(C)C(=O)N(CCCl)CCCl)[C@@]4(C)CC[C@@H]32)C1. The Kier molecular flexibility index (Phi) is 7.99. The van der Waals surface area contributed by atoms with E-state index in [2.05, 4.69) is 26.8 Å². The number of alkyl halides is 2. The van der Waals surface area contributed by atoms with Crippen LogP contribution in [0.4, 0.5) is 0 Å². The Labute approximate surface area is 216 Å². The van der Waals surface area contributed by atoms with Crippen LogP contribution < -0.4 is 0 Å². The van der Waals surface area contributed by atoms with Crippen LogP contribution in [0.2, 0.25) is 0 Å². The molecule has 3 saturated carbocycles. The lowest BCUT2D eigenvalue weighted by Crippen LogP contribution is -2.52. The van der Waals surface area contributed by atoms with Gasteiger partial charge in [-0.05, 0) is 79.4 Å². The Bertz CT molecular complexity index is 809. The molecule has 0 saturated heterocycles. The number of rotatable bonds is 7. The number of carbonyl (C=O) groups is 2. The van der Waals surface area contributed by atoms with Crippen LogP contribution in [-0.4, -0.2) is 47.7 Å². The van der Waals surface area contributed by atoms with Crippen molar-refractivity contribution in [2.45, 2.75) is 85.2 Å². The molecule has 0 radical (unpaired) electrons. The average Bonchev–Trinajstić information content (AvgIpc) is 3.15. The molecule has 1 amide bonds. The smallest absolute Gasteiger partial charge is 0.302 e. The highest BCUT2D eigenvalue weighted by atomic mass is 35.5. The molecule has 4 aliphatic rings. The van der Waals surface area contributed by atoms with Crippen LogP contribution in [0.3, 0.4) is 0 Å². The lowest BCUT2D eigenvalue weighted by Gasteiger charge is -2.58. The standard InChI is InChI=1S/C28H43Cl2NO3/c1-18(26(33)31(15-13-29)16-14-30)23-7-8-24-22-6-5-20-17-21(34-19(2)32)9-11-27(20,3)25(22)10-12-28(23,24)4/h5,18,21-25H,6-17H2,1-4H3/t18?,21-,22-,23+,24-,25-,27-,28+/m0/s1. The van der Waals surface area contributed by atoms with Crippen LogP contribution in [0.1, 0.15) is 79.1 Å². The number of fused-ring (bicyclic) bond motifs is 5. The van der Waals surface area contributed by atoms with E-state index in [1.54, 1.807) is 0 Å². The molecule has 4 aliphatic carbocycles. The number of halogens is 2. The quantitative estimate of drug-likeness (QED) is 0.224. The molecule has 34 heavy (non-hydrogen) atoms. The maximum absolute atomic E-state index is 13.4. The molecule has 4 rings (SSSR count). The fourth-order valence-electron chi connectivity index (χ4n) is 8.82. The third kappa shape index (κ3) is 4.56. The van der Waals surface area contributed by atoms with E-state index in [0.717, 1.165) is 32.1 Å². The van der Waals surface area contributed by atoms with Gasteiger partial charge in [0.1, 0.15) is 6.10 Å². The summed E-state index contributed by atoms with van der Waals surface area (Å²) in [5.74, 6) is 3.51. The summed E-state index contributed by atoms with van der Waals surface area (Å²) in [5, 5.41) is 0. The van der Waals surface area contributed by atoms with Crippen LogP contribution in [0, 0.1) is 40.4 Å². The van der Waals surface area contributed by atoms with Gasteiger partial charge < -0.3 is 9.64 Å². The van der Waals surface area contributed by atoms with Gasteiger partial charge in [0.05, 0.1) is 0 Å². The molecule has 0 spiro atoms. The average molecular weight is 513 g/mol. The Morgan fingerprint density at radius 2 is 1.79 bits per heavy atom. The van der Waals surface area contributed by atoms with Crippen molar-refractivity contribution in [1.82, 2.24) is 4.90 Å². The van der Waals surface area contributed by atoms with Gasteiger partial charge in [-0.25, -0.2) is 0 Å². The molecule has 8 atom stereocenters. The normalized spacial score (nSPS) is 39.8. The van der Waals surface area contributed by atoms with Gasteiger partial charge in [-0.15, -0.1) is 23.2 Å². The highest BCUT2D eigenvalue weighted by molar-refractivity contribution is 6.18. The molecule has 0 aliphatic heterocycles. The summed E-state index contributed by atoms with van der Waals surface area (Å²) in [7, 11) is 0. The van der Waals surface area contributed by atoms with E-state index in [4.69, 9.17) is 27.9 Å². The minimum absolute atomic E-state index is 0.0161. The van der Waals surface area contributed by atoms with Crippen molar-refractivity contribution in [3.05, 3.63) is 11.6 Å². The number of amides is 1. The minimum Gasteiger partial charge on any atom is -0.462 e. The van der Waals surface area contributed by atoms with E-state index in [9.17, 15) is 9.59 Å². The van der Waals surface area contributed by atoms with Gasteiger partial charge in [-0.3, -0.25) is 9.59 Å². The maximum Gasteiger partial charge on any atom is 0.302 e. The highest BCUT2D eigenvalue weighted by Crippen LogP contribution is 2.67. The van der Waals surface area contributed by atoms with Crippen molar-refractivity contribution in [3.63, 3.8) is 0 Å². The molecule has 0 bridgehead atoms. The van der Waals surface area contributed by atoms with Gasteiger partial charge in [0.25, 0.3) is 0 Å². The highest BCUT2D eigenvalue weighted by Gasteiger charge is 2.60. The van der Waals surface area contributed by atoms with Crippen LogP contribution >= 0.6 is 23.2 Å². The summed E-state index contributed by atoms with van der Waals surface area (Å²) in [6.07, 6.45) is 11.5. The maximum atomic E-state index is 13.4. The Balaban J connectivity index is 1.51. The molecule has 192 valence electrons. The summed E-state index contributed by atoms with van der Waals surface area (Å²) < 4.78 is 5.59. The van der Waals surface area contributed by atoms with Crippen molar-refractivity contribution in [2.24, 2.45) is 40.4 Å². The fourth-order valence-corrected chi connectivity index (χ4v) is 9.23. The first-order valence-corrected chi connectivity index (χ1v) is 14.5. The summed E-state index contributed by atoms with van der Waals surface area (Å²) in [5.41, 5.74) is 1.99. The first kappa shape index (κ1) is 26.3. The van der Waals surface area contributed by atoms with E-state index < -0.39 is 0 Å². The number of esters is 1. The lowest BCUT2D eigenvalue weighted by molar-refractivity contribution is -0.148. The lowest BCUT2D eigenvalue weighted by atomic mass is 9.47. The fraction of sp³-hybridized carbons (Fsp3) is 0.857. The van der Waals surface area contributed by atoms with Gasteiger partial charge in [0.2, 0.25) is 5.91 Å². The molecular weight excluding hydrogens is 469 g/mol. The summed E-state index contributed by atoms with van der Waals surface area (Å²) >= 11 is 12.0. The Hall–Kier alpha value is -0.740. The Morgan fingerprint density at radius 1 is 1.09 bits per heavy atom. The largest absolute Gasteiger partial charge is 0.462 e. The summed E-state index contributed by atoms with van der Waals surface area (Å²) in [6, 6.07) is 0. The van der Waals surface area contributed by atoms with Gasteiger partial charge in [0.15, 0.2) is 0 Å². The van der Waals surface area contributed by atoms with Gasteiger partial charge in [-0.1, -0.05) is 32.4 Å². The molecule has 0 aromatic heterocycles. The number of allylic oxidation sites excluding steroid dienone is 1. The van der Waals surface area contributed by atoms with Crippen LogP contribution in [-0.2, 0) is 14.3 Å². The molecule has 4 nitrogen and oxygen atoms in total. The van der Waals surface area contributed by atoms with Crippen molar-refractivity contribution in [1.29, 1.82) is 0 Å². The van der Waals surface area contributed by atoms with Crippen molar-refractivity contribution in [2.75, 3.05) is 24.8 Å². The van der Waals surface area contributed by atoms with Crippen molar-refractivity contribution in [3.8, 4) is 0 Å². The van der Waals surface area contributed by atoms with Crippen molar-refractivity contribution >= 4 is 35.1 Å². The molecule has 0 heterocycles. The first-order valence-electron chi connectivity index (χ1n) is 13.4. The summed E-state index contributed by atoms with van der Waals surface area (Å²) in [6.45, 7) is 9.80. The molecule has 0 N–H and O–H groups in total. The number of carbonyl (C=O) groups excluding carboxylic acids is 2. The number of nitrogens with zero attached hydrogens (tertiary/aromatic N) is 1. The number of ether oxygens (including phenoxy) is 1. The third-order valence-electron chi connectivity index (χ3n) is 10.5. The Morgan fingerprint density at radius 3 is 2.44 bits per heavy atom. The van der Waals surface area contributed by atoms with E-state index in [1.807, 2.05) is 4.90 Å². The minimum atomic E-state index is -0.160. The van der Waals surface area contributed by atoms with E-state index in [0.29, 0.717) is 48.5 Å². The van der Waals surface area contributed by atoms with Crippen LogP contribution in [0.5, 0.6) is 0 Å². The second-order valence-electron chi connectivity index (χ2n) is 12.0. The molecule has 1 unspecified atom stereocenters. The predicted molar refractivity (Wildman–Crippen MR) is 138 cm³/mol. The number of hydrogen-bond donors (Lipinski definition) is 0. The monoisotopic (exact) mass is 511 g/mol. The van der Waals surface area contributed by atoms with Gasteiger partial charge >= 0.3 is 5.97 Å². The van der Waals surface area contributed by atoms with Crippen molar-refractivity contribution < 1.29 is 14.3 Å². The van der Waals surface area contributed by atoms with Gasteiger partial charge in [0, 0.05) is 44.1 Å². The second kappa shape index (κ2) is 10.3. The molecular formula is C28H43Cl2NO3. The van der Waals surface area contributed by atoms with E-state index >= 15 is 0 Å². The zero-order valence-electron chi connectivity index (χ0n) is 21.5. The molecule has 6 heteroatoms. The van der Waals surface area contributed by atoms with E-state index in [1.165, 1.54) is 31.8 Å². The zero-order chi connectivity index (χ0) is 24.7. The molecule has 0 aromatic carbocycles. The molecule has 0 aromatic rings. The summed E-state index contributed by atoms with van der Waals surface area (Å²) in [4.78, 5) is 26.8. The third-order valence-corrected chi connectivity index (χ3v) is 10.8. The van der Waals surface area contributed by atoms with Crippen LogP contribution in [0.25, 0.3) is 0 Å². The topological polar surface area (TPSA) is 46.6 Å². The van der Waals surface area contributed by atoms with E-state index in [-0.39, 0.29) is 34.7 Å². The molecule has 3 fully saturated rings. The van der Waals surface area contributed by atoms with Crippen LogP contribution in [0.15, 0.2) is 11.6 Å².